The number of ether oxygens (including phenoxy) is 1. The van der Waals surface area contributed by atoms with E-state index < -0.39 is 0 Å². The van der Waals surface area contributed by atoms with E-state index >= 15 is 0 Å². The SMILES string of the molecule is CCc1ccc([C@H]2CC[C@H](C(=O)OC3CCC(CC/C=C/C#N)CC3)CC2)cc1. The summed E-state index contributed by atoms with van der Waals surface area (Å²) in [4.78, 5) is 12.7. The second-order valence-corrected chi connectivity index (χ2v) is 8.83. The van der Waals surface area contributed by atoms with Crippen molar-refractivity contribution in [2.45, 2.75) is 89.6 Å². The van der Waals surface area contributed by atoms with Crippen LogP contribution in [0.5, 0.6) is 0 Å². The largest absolute Gasteiger partial charge is 0.462 e. The van der Waals surface area contributed by atoms with Gasteiger partial charge in [-0.1, -0.05) is 37.3 Å². The van der Waals surface area contributed by atoms with Crippen molar-refractivity contribution in [3.63, 3.8) is 0 Å². The molecule has 0 amide bonds. The summed E-state index contributed by atoms with van der Waals surface area (Å²) in [6, 6.07) is 11.1. The fourth-order valence-electron chi connectivity index (χ4n) is 4.95. The molecule has 2 fully saturated rings. The lowest BCUT2D eigenvalue weighted by molar-refractivity contribution is -0.157. The lowest BCUT2D eigenvalue weighted by atomic mass is 9.78. The minimum Gasteiger partial charge on any atom is -0.462 e. The lowest BCUT2D eigenvalue weighted by Gasteiger charge is -2.31. The summed E-state index contributed by atoms with van der Waals surface area (Å²) in [6.07, 6.45) is 15.2. The molecule has 3 rings (SSSR count). The Kier molecular flexibility index (Phi) is 8.35. The number of nitrogens with zero attached hydrogens (tertiary/aromatic N) is 1. The van der Waals surface area contributed by atoms with Crippen LogP contribution < -0.4 is 0 Å². The molecule has 0 unspecified atom stereocenters. The first kappa shape index (κ1) is 21.6. The second kappa shape index (κ2) is 11.2. The highest BCUT2D eigenvalue weighted by Crippen LogP contribution is 2.37. The summed E-state index contributed by atoms with van der Waals surface area (Å²) in [5, 5.41) is 8.54. The quantitative estimate of drug-likeness (QED) is 0.393. The first-order chi connectivity index (χ1) is 14.2. The Balaban J connectivity index is 1.37. The molecule has 0 bridgehead atoms. The van der Waals surface area contributed by atoms with E-state index in [4.69, 9.17) is 10.00 Å². The van der Waals surface area contributed by atoms with Crippen LogP contribution in [0.1, 0.15) is 88.2 Å². The van der Waals surface area contributed by atoms with E-state index in [2.05, 4.69) is 31.2 Å². The van der Waals surface area contributed by atoms with Gasteiger partial charge in [0.2, 0.25) is 0 Å². The predicted octanol–water partition coefficient (Wildman–Crippen LogP) is 6.48. The molecule has 0 atom stereocenters. The highest BCUT2D eigenvalue weighted by molar-refractivity contribution is 5.72. The Morgan fingerprint density at radius 1 is 1.07 bits per heavy atom. The standard InChI is InChI=1S/C26H35NO2/c1-2-20-7-11-22(12-8-20)23-13-15-24(16-14-23)26(28)29-25-17-9-21(10-18-25)6-4-3-5-19-27/h3,5,7-8,11-12,21,23-25H,2,4,6,9-10,13-18H2,1H3/b5-3+/t21?,23-,24-,25?. The molecule has 0 spiro atoms. The van der Waals surface area contributed by atoms with Crippen molar-refractivity contribution in [1.82, 2.24) is 0 Å². The van der Waals surface area contributed by atoms with Crippen LogP contribution in [0.25, 0.3) is 0 Å². The number of hydrogen-bond donors (Lipinski definition) is 0. The molecular formula is C26H35NO2. The van der Waals surface area contributed by atoms with Gasteiger partial charge in [-0.25, -0.2) is 0 Å². The van der Waals surface area contributed by atoms with E-state index in [1.807, 2.05) is 12.1 Å². The van der Waals surface area contributed by atoms with Crippen LogP contribution in [-0.4, -0.2) is 12.1 Å². The molecule has 2 aliphatic rings. The predicted molar refractivity (Wildman–Crippen MR) is 116 cm³/mol. The van der Waals surface area contributed by atoms with Crippen LogP contribution >= 0.6 is 0 Å². The monoisotopic (exact) mass is 393 g/mol. The number of allylic oxidation sites excluding steroid dienone is 2. The van der Waals surface area contributed by atoms with Crippen molar-refractivity contribution >= 4 is 5.97 Å². The fraction of sp³-hybridized carbons (Fsp3) is 0.615. The Morgan fingerprint density at radius 3 is 2.38 bits per heavy atom. The Morgan fingerprint density at radius 2 is 1.76 bits per heavy atom. The zero-order valence-electron chi connectivity index (χ0n) is 17.8. The van der Waals surface area contributed by atoms with Crippen molar-refractivity contribution in [3.05, 3.63) is 47.5 Å². The van der Waals surface area contributed by atoms with Gasteiger partial charge in [0.1, 0.15) is 6.10 Å². The van der Waals surface area contributed by atoms with Gasteiger partial charge in [0.15, 0.2) is 0 Å². The third kappa shape index (κ3) is 6.46. The summed E-state index contributed by atoms with van der Waals surface area (Å²) < 4.78 is 5.90. The number of carbonyl (C=O) groups excluding carboxylic acids is 1. The van der Waals surface area contributed by atoms with Crippen molar-refractivity contribution in [2.24, 2.45) is 11.8 Å². The molecule has 0 radical (unpaired) electrons. The molecule has 0 heterocycles. The fourth-order valence-corrected chi connectivity index (χ4v) is 4.95. The first-order valence-corrected chi connectivity index (χ1v) is 11.5. The molecule has 29 heavy (non-hydrogen) atoms. The Bertz CT molecular complexity index is 699. The minimum atomic E-state index is 0.0465. The molecule has 1 aromatic carbocycles. The lowest BCUT2D eigenvalue weighted by Crippen LogP contribution is -2.29. The summed E-state index contributed by atoms with van der Waals surface area (Å²) >= 11 is 0. The molecule has 156 valence electrons. The number of aryl methyl sites for hydroxylation is 1. The summed E-state index contributed by atoms with van der Waals surface area (Å²) in [6.45, 7) is 2.19. The highest BCUT2D eigenvalue weighted by Gasteiger charge is 2.31. The van der Waals surface area contributed by atoms with E-state index in [0.29, 0.717) is 11.8 Å². The number of rotatable bonds is 7. The van der Waals surface area contributed by atoms with Crippen molar-refractivity contribution < 1.29 is 9.53 Å². The number of benzene rings is 1. The molecule has 2 aliphatic carbocycles. The van der Waals surface area contributed by atoms with Gasteiger partial charge in [-0.05, 0) is 93.6 Å². The van der Waals surface area contributed by atoms with Gasteiger partial charge in [-0.15, -0.1) is 0 Å². The first-order valence-electron chi connectivity index (χ1n) is 11.5. The van der Waals surface area contributed by atoms with Crippen LogP contribution in [0.15, 0.2) is 36.4 Å². The Hall–Kier alpha value is -2.08. The number of carbonyl (C=O) groups is 1. The van der Waals surface area contributed by atoms with Gasteiger partial charge in [-0.3, -0.25) is 4.79 Å². The number of hydrogen-bond acceptors (Lipinski definition) is 3. The molecule has 0 N–H and O–H groups in total. The zero-order valence-corrected chi connectivity index (χ0v) is 17.8. The summed E-state index contributed by atoms with van der Waals surface area (Å²) in [7, 11) is 0. The highest BCUT2D eigenvalue weighted by atomic mass is 16.5. The normalized spacial score (nSPS) is 27.4. The average molecular weight is 394 g/mol. The molecule has 3 nitrogen and oxygen atoms in total. The van der Waals surface area contributed by atoms with Gasteiger partial charge in [0, 0.05) is 6.08 Å². The molecular weight excluding hydrogens is 358 g/mol. The summed E-state index contributed by atoms with van der Waals surface area (Å²) in [5.41, 5.74) is 2.82. The van der Waals surface area contributed by atoms with Crippen LogP contribution in [0.2, 0.25) is 0 Å². The molecule has 0 aromatic heterocycles. The topological polar surface area (TPSA) is 50.1 Å². The molecule has 0 saturated heterocycles. The summed E-state index contributed by atoms with van der Waals surface area (Å²) in [5.74, 6) is 1.44. The maximum Gasteiger partial charge on any atom is 0.309 e. The van der Waals surface area contributed by atoms with Crippen LogP contribution in [-0.2, 0) is 16.0 Å². The zero-order chi connectivity index (χ0) is 20.5. The third-order valence-electron chi connectivity index (χ3n) is 6.93. The van der Waals surface area contributed by atoms with Crippen LogP contribution in [0, 0.1) is 23.2 Å². The van der Waals surface area contributed by atoms with Crippen molar-refractivity contribution in [3.8, 4) is 6.07 Å². The van der Waals surface area contributed by atoms with Crippen LogP contribution in [0.4, 0.5) is 0 Å². The Labute approximate surface area is 176 Å². The van der Waals surface area contributed by atoms with Crippen molar-refractivity contribution in [1.29, 1.82) is 5.26 Å². The second-order valence-electron chi connectivity index (χ2n) is 8.83. The van der Waals surface area contributed by atoms with E-state index in [0.717, 1.165) is 70.6 Å². The maximum atomic E-state index is 12.7. The molecule has 0 aliphatic heterocycles. The minimum absolute atomic E-state index is 0.0465. The van der Waals surface area contributed by atoms with E-state index in [9.17, 15) is 4.79 Å². The van der Waals surface area contributed by atoms with Gasteiger partial charge >= 0.3 is 5.97 Å². The van der Waals surface area contributed by atoms with E-state index in [-0.39, 0.29) is 18.0 Å². The van der Waals surface area contributed by atoms with Crippen molar-refractivity contribution in [2.75, 3.05) is 0 Å². The van der Waals surface area contributed by atoms with Gasteiger partial charge in [0.25, 0.3) is 0 Å². The molecule has 3 heteroatoms. The van der Waals surface area contributed by atoms with Crippen LogP contribution in [0.3, 0.4) is 0 Å². The van der Waals surface area contributed by atoms with E-state index in [1.165, 1.54) is 11.1 Å². The smallest absolute Gasteiger partial charge is 0.309 e. The van der Waals surface area contributed by atoms with Gasteiger partial charge in [0.05, 0.1) is 12.0 Å². The van der Waals surface area contributed by atoms with Gasteiger partial charge in [-0.2, -0.15) is 5.26 Å². The number of esters is 1. The third-order valence-corrected chi connectivity index (χ3v) is 6.93. The molecule has 1 aromatic rings. The molecule has 2 saturated carbocycles. The maximum absolute atomic E-state index is 12.7. The average Bonchev–Trinajstić information content (AvgIpc) is 2.78. The van der Waals surface area contributed by atoms with E-state index in [1.54, 1.807) is 6.08 Å². The van der Waals surface area contributed by atoms with Gasteiger partial charge < -0.3 is 4.74 Å². The number of nitriles is 1.